The number of rotatable bonds is 9. The maximum atomic E-state index is 11.9. The van der Waals surface area contributed by atoms with Crippen LogP contribution in [0.25, 0.3) is 0 Å². The lowest BCUT2D eigenvalue weighted by atomic mass is 10.1. The highest BCUT2D eigenvalue weighted by Crippen LogP contribution is 2.12. The molecular formula is C17H19N3O5S. The largest absolute Gasteiger partial charge is 0.481 e. The molecule has 0 atom stereocenters. The zero-order chi connectivity index (χ0) is 18.9. The SMILES string of the molecule is Cc1cc(NC(=O)CSCC(=O)Nc2ccc(CCC(=O)O)cc2)no1. The quantitative estimate of drug-likeness (QED) is 0.613. The van der Waals surface area contributed by atoms with Crippen molar-refractivity contribution in [2.75, 3.05) is 22.1 Å². The molecule has 1 aromatic carbocycles. The summed E-state index contributed by atoms with van der Waals surface area (Å²) in [5, 5.41) is 17.6. The molecule has 1 heterocycles. The monoisotopic (exact) mass is 377 g/mol. The number of anilines is 2. The van der Waals surface area contributed by atoms with Gasteiger partial charge in [0.05, 0.1) is 11.5 Å². The lowest BCUT2D eigenvalue weighted by Crippen LogP contribution is -2.18. The Bertz CT molecular complexity index is 773. The van der Waals surface area contributed by atoms with E-state index in [0.717, 1.165) is 5.56 Å². The summed E-state index contributed by atoms with van der Waals surface area (Å²) in [6, 6.07) is 8.60. The third-order valence-corrected chi connectivity index (χ3v) is 4.16. The first-order chi connectivity index (χ1) is 12.4. The number of aromatic nitrogens is 1. The van der Waals surface area contributed by atoms with Gasteiger partial charge in [-0.15, -0.1) is 11.8 Å². The molecule has 0 spiro atoms. The van der Waals surface area contributed by atoms with Crippen LogP contribution < -0.4 is 10.6 Å². The summed E-state index contributed by atoms with van der Waals surface area (Å²) in [4.78, 5) is 34.1. The van der Waals surface area contributed by atoms with Crippen molar-refractivity contribution in [3.8, 4) is 0 Å². The Morgan fingerprint density at radius 3 is 2.35 bits per heavy atom. The number of hydrogen-bond acceptors (Lipinski definition) is 6. The Morgan fingerprint density at radius 1 is 1.12 bits per heavy atom. The van der Waals surface area contributed by atoms with Gasteiger partial charge in [0.25, 0.3) is 0 Å². The molecule has 0 aliphatic rings. The Hall–Kier alpha value is -2.81. The number of benzene rings is 1. The first kappa shape index (κ1) is 19.5. The summed E-state index contributed by atoms with van der Waals surface area (Å²) in [7, 11) is 0. The molecule has 138 valence electrons. The second kappa shape index (κ2) is 9.62. The van der Waals surface area contributed by atoms with Crippen LogP contribution in [0.5, 0.6) is 0 Å². The minimum Gasteiger partial charge on any atom is -0.481 e. The first-order valence-corrected chi connectivity index (χ1v) is 8.99. The van der Waals surface area contributed by atoms with Crippen LogP contribution in [0.2, 0.25) is 0 Å². The summed E-state index contributed by atoms with van der Waals surface area (Å²) < 4.78 is 4.85. The molecule has 2 aromatic rings. The molecule has 2 rings (SSSR count). The minimum atomic E-state index is -0.845. The molecule has 9 heteroatoms. The number of aryl methyl sites for hydroxylation is 2. The number of carboxylic acid groups (broad SMARTS) is 1. The second-order valence-electron chi connectivity index (χ2n) is 5.50. The first-order valence-electron chi connectivity index (χ1n) is 7.84. The fourth-order valence-electron chi connectivity index (χ4n) is 2.04. The molecular weight excluding hydrogens is 358 g/mol. The zero-order valence-electron chi connectivity index (χ0n) is 14.2. The Morgan fingerprint density at radius 2 is 1.77 bits per heavy atom. The van der Waals surface area contributed by atoms with Crippen LogP contribution in [-0.2, 0) is 20.8 Å². The van der Waals surface area contributed by atoms with Gasteiger partial charge in [0.15, 0.2) is 5.82 Å². The van der Waals surface area contributed by atoms with E-state index in [1.807, 2.05) is 0 Å². The fourth-order valence-corrected chi connectivity index (χ4v) is 2.66. The van der Waals surface area contributed by atoms with Crippen LogP contribution in [-0.4, -0.2) is 39.6 Å². The van der Waals surface area contributed by atoms with E-state index in [1.165, 1.54) is 11.8 Å². The van der Waals surface area contributed by atoms with Gasteiger partial charge in [-0.05, 0) is 31.0 Å². The number of carbonyl (C=O) groups is 3. The Labute approximate surface area is 154 Å². The zero-order valence-corrected chi connectivity index (χ0v) is 15.0. The highest BCUT2D eigenvalue weighted by Gasteiger charge is 2.09. The van der Waals surface area contributed by atoms with Gasteiger partial charge in [-0.25, -0.2) is 0 Å². The molecule has 26 heavy (non-hydrogen) atoms. The van der Waals surface area contributed by atoms with Gasteiger partial charge < -0.3 is 20.3 Å². The number of nitrogens with zero attached hydrogens (tertiary/aromatic N) is 1. The number of thioether (sulfide) groups is 1. The number of aliphatic carboxylic acids is 1. The number of carboxylic acids is 1. The van der Waals surface area contributed by atoms with E-state index in [4.69, 9.17) is 9.63 Å². The topological polar surface area (TPSA) is 122 Å². The number of nitrogens with one attached hydrogen (secondary N) is 2. The van der Waals surface area contributed by atoms with E-state index in [0.29, 0.717) is 23.7 Å². The van der Waals surface area contributed by atoms with Crippen molar-refractivity contribution >= 4 is 41.1 Å². The van der Waals surface area contributed by atoms with Crippen LogP contribution in [0.1, 0.15) is 17.7 Å². The predicted molar refractivity (Wildman–Crippen MR) is 98.2 cm³/mol. The van der Waals surface area contributed by atoms with Gasteiger partial charge >= 0.3 is 5.97 Å². The van der Waals surface area contributed by atoms with Crippen LogP contribution in [0.4, 0.5) is 11.5 Å². The van der Waals surface area contributed by atoms with Crippen LogP contribution in [0.15, 0.2) is 34.9 Å². The molecule has 0 bridgehead atoms. The molecule has 0 aliphatic heterocycles. The average molecular weight is 377 g/mol. The minimum absolute atomic E-state index is 0.0678. The summed E-state index contributed by atoms with van der Waals surface area (Å²) in [5.74, 6) is -0.138. The summed E-state index contributed by atoms with van der Waals surface area (Å²) in [6.45, 7) is 1.72. The standard InChI is InChI=1S/C17H19N3O5S/c1-11-8-14(20-25-11)19-16(22)10-26-9-15(21)18-13-5-2-12(3-6-13)4-7-17(23)24/h2-3,5-6,8H,4,7,9-10H2,1H3,(H,18,21)(H,23,24)(H,19,20,22). The van der Waals surface area contributed by atoms with E-state index in [1.54, 1.807) is 37.3 Å². The Kier molecular flexibility index (Phi) is 7.22. The number of carbonyl (C=O) groups excluding carboxylic acids is 2. The van der Waals surface area contributed by atoms with E-state index >= 15 is 0 Å². The third-order valence-electron chi connectivity index (χ3n) is 3.23. The maximum absolute atomic E-state index is 11.9. The van der Waals surface area contributed by atoms with Gasteiger partial charge in [0, 0.05) is 18.2 Å². The van der Waals surface area contributed by atoms with E-state index < -0.39 is 5.97 Å². The van der Waals surface area contributed by atoms with Crippen molar-refractivity contribution in [1.82, 2.24) is 5.16 Å². The molecule has 8 nitrogen and oxygen atoms in total. The van der Waals surface area contributed by atoms with Crippen LogP contribution in [0.3, 0.4) is 0 Å². The van der Waals surface area contributed by atoms with Crippen molar-refractivity contribution < 1.29 is 24.0 Å². The summed E-state index contributed by atoms with van der Waals surface area (Å²) in [6.07, 6.45) is 0.512. The second-order valence-corrected chi connectivity index (χ2v) is 6.49. The van der Waals surface area contributed by atoms with Gasteiger partial charge in [-0.1, -0.05) is 17.3 Å². The van der Waals surface area contributed by atoms with Gasteiger partial charge in [0.1, 0.15) is 5.76 Å². The van der Waals surface area contributed by atoms with E-state index in [2.05, 4.69) is 15.8 Å². The van der Waals surface area contributed by atoms with Crippen molar-refractivity contribution in [3.05, 3.63) is 41.7 Å². The van der Waals surface area contributed by atoms with E-state index in [-0.39, 0.29) is 29.7 Å². The molecule has 0 radical (unpaired) electrons. The van der Waals surface area contributed by atoms with Crippen molar-refractivity contribution in [3.63, 3.8) is 0 Å². The fraction of sp³-hybridized carbons (Fsp3) is 0.294. The lowest BCUT2D eigenvalue weighted by molar-refractivity contribution is -0.137. The Balaban J connectivity index is 1.68. The molecule has 1 aromatic heterocycles. The molecule has 3 N–H and O–H groups in total. The molecule has 0 saturated heterocycles. The van der Waals surface area contributed by atoms with E-state index in [9.17, 15) is 14.4 Å². The predicted octanol–water partition coefficient (Wildman–Crippen LogP) is 2.31. The molecule has 0 fully saturated rings. The highest BCUT2D eigenvalue weighted by atomic mass is 32.2. The third kappa shape index (κ3) is 6.98. The normalized spacial score (nSPS) is 10.3. The molecule has 0 unspecified atom stereocenters. The van der Waals surface area contributed by atoms with Crippen molar-refractivity contribution in [2.24, 2.45) is 0 Å². The van der Waals surface area contributed by atoms with Crippen molar-refractivity contribution in [1.29, 1.82) is 0 Å². The number of hydrogen-bond donors (Lipinski definition) is 3. The number of amides is 2. The maximum Gasteiger partial charge on any atom is 0.303 e. The average Bonchev–Trinajstić information content (AvgIpc) is 2.99. The van der Waals surface area contributed by atoms with Crippen LogP contribution >= 0.6 is 11.8 Å². The molecule has 2 amide bonds. The van der Waals surface area contributed by atoms with Gasteiger partial charge in [0.2, 0.25) is 11.8 Å². The lowest BCUT2D eigenvalue weighted by Gasteiger charge is -2.06. The summed E-state index contributed by atoms with van der Waals surface area (Å²) >= 11 is 1.18. The molecule has 0 aliphatic carbocycles. The van der Waals surface area contributed by atoms with Crippen molar-refractivity contribution in [2.45, 2.75) is 19.8 Å². The van der Waals surface area contributed by atoms with Gasteiger partial charge in [-0.3, -0.25) is 14.4 Å². The smallest absolute Gasteiger partial charge is 0.303 e. The summed E-state index contributed by atoms with van der Waals surface area (Å²) in [5.41, 5.74) is 1.51. The van der Waals surface area contributed by atoms with Gasteiger partial charge in [-0.2, -0.15) is 0 Å². The molecule has 0 saturated carbocycles. The van der Waals surface area contributed by atoms with Crippen LogP contribution in [0, 0.1) is 6.92 Å². The highest BCUT2D eigenvalue weighted by molar-refractivity contribution is 8.00.